The maximum absolute atomic E-state index is 13.4. The van der Waals surface area contributed by atoms with Gasteiger partial charge in [0.1, 0.15) is 5.82 Å². The van der Waals surface area contributed by atoms with Gasteiger partial charge in [0.25, 0.3) is 5.91 Å². The Kier molecular flexibility index (Phi) is 6.17. The number of benzene rings is 2. The first-order valence-electron chi connectivity index (χ1n) is 6.99. The fourth-order valence-corrected chi connectivity index (χ4v) is 2.47. The van der Waals surface area contributed by atoms with Gasteiger partial charge in [-0.15, -0.1) is 11.8 Å². The Labute approximate surface area is 138 Å². The lowest BCUT2D eigenvalue weighted by Crippen LogP contribution is -2.30. The summed E-state index contributed by atoms with van der Waals surface area (Å²) in [6.45, 7) is 1.49. The van der Waals surface area contributed by atoms with E-state index in [1.165, 1.54) is 13.0 Å². The van der Waals surface area contributed by atoms with E-state index in [4.69, 9.17) is 4.74 Å². The van der Waals surface area contributed by atoms with Crippen LogP contribution in [0.5, 0.6) is 0 Å². The van der Waals surface area contributed by atoms with Crippen LogP contribution < -0.4 is 5.32 Å². The summed E-state index contributed by atoms with van der Waals surface area (Å²) in [7, 11) is 0. The van der Waals surface area contributed by atoms with Crippen LogP contribution in [0.15, 0.2) is 59.5 Å². The molecule has 2 aromatic rings. The molecule has 0 fully saturated rings. The average molecular weight is 333 g/mol. The molecule has 23 heavy (non-hydrogen) atoms. The predicted molar refractivity (Wildman–Crippen MR) is 87.7 cm³/mol. The molecule has 0 bridgehead atoms. The van der Waals surface area contributed by atoms with Crippen LogP contribution in [-0.4, -0.2) is 23.7 Å². The number of anilines is 1. The van der Waals surface area contributed by atoms with E-state index in [0.29, 0.717) is 10.6 Å². The molecule has 2 aromatic carbocycles. The Morgan fingerprint density at radius 2 is 1.78 bits per heavy atom. The summed E-state index contributed by atoms with van der Waals surface area (Å²) in [5, 5.41) is 2.65. The Hall–Kier alpha value is -2.34. The predicted octanol–water partition coefficient (Wildman–Crippen LogP) is 3.49. The number of rotatable bonds is 6. The number of esters is 1. The molecule has 1 N–H and O–H groups in total. The molecule has 0 radical (unpaired) electrons. The Balaban J connectivity index is 1.80. The number of carbonyl (C=O) groups excluding carboxylic acids is 2. The molecule has 120 valence electrons. The van der Waals surface area contributed by atoms with Gasteiger partial charge in [-0.2, -0.15) is 0 Å². The number of carbonyl (C=O) groups is 2. The third kappa shape index (κ3) is 5.41. The van der Waals surface area contributed by atoms with E-state index < -0.39 is 18.0 Å². The average Bonchev–Trinajstić information content (AvgIpc) is 2.55. The van der Waals surface area contributed by atoms with E-state index in [1.807, 2.05) is 6.07 Å². The molecule has 0 aromatic heterocycles. The molecular formula is C17H16FNO3S. The molecule has 1 atom stereocenters. The van der Waals surface area contributed by atoms with Gasteiger partial charge in [-0.3, -0.25) is 9.59 Å². The van der Waals surface area contributed by atoms with Crippen molar-refractivity contribution in [3.05, 3.63) is 60.4 Å². The molecule has 2 rings (SSSR count). The quantitative estimate of drug-likeness (QED) is 0.649. The summed E-state index contributed by atoms with van der Waals surface area (Å²) >= 11 is 1.03. The summed E-state index contributed by atoms with van der Waals surface area (Å²) in [6.07, 6.45) is -0.927. The van der Waals surface area contributed by atoms with E-state index in [2.05, 4.69) is 5.32 Å². The Morgan fingerprint density at radius 1 is 1.13 bits per heavy atom. The number of hydrogen-bond acceptors (Lipinski definition) is 4. The highest BCUT2D eigenvalue weighted by Crippen LogP contribution is 2.21. The number of halogens is 1. The zero-order valence-corrected chi connectivity index (χ0v) is 13.3. The zero-order valence-electron chi connectivity index (χ0n) is 12.5. The minimum Gasteiger partial charge on any atom is -0.452 e. The largest absolute Gasteiger partial charge is 0.452 e. The van der Waals surface area contributed by atoms with Crippen molar-refractivity contribution < 1.29 is 18.7 Å². The molecule has 0 aliphatic heterocycles. The van der Waals surface area contributed by atoms with Crippen molar-refractivity contribution in [3.8, 4) is 0 Å². The van der Waals surface area contributed by atoms with E-state index in [9.17, 15) is 14.0 Å². The van der Waals surface area contributed by atoms with Crippen LogP contribution in [0.3, 0.4) is 0 Å². The number of nitrogens with one attached hydrogen (secondary N) is 1. The van der Waals surface area contributed by atoms with Crippen LogP contribution in [0.1, 0.15) is 6.92 Å². The summed E-state index contributed by atoms with van der Waals surface area (Å²) < 4.78 is 18.5. The van der Waals surface area contributed by atoms with E-state index in [0.717, 1.165) is 11.8 Å². The van der Waals surface area contributed by atoms with Crippen LogP contribution in [0.25, 0.3) is 0 Å². The summed E-state index contributed by atoms with van der Waals surface area (Å²) in [6, 6.07) is 15.1. The van der Waals surface area contributed by atoms with Gasteiger partial charge in [0.05, 0.1) is 5.75 Å². The molecule has 4 nitrogen and oxygen atoms in total. The van der Waals surface area contributed by atoms with Gasteiger partial charge in [0.2, 0.25) is 0 Å². The van der Waals surface area contributed by atoms with Gasteiger partial charge < -0.3 is 10.1 Å². The third-order valence-electron chi connectivity index (χ3n) is 2.90. The Morgan fingerprint density at radius 3 is 2.48 bits per heavy atom. The number of amides is 1. The molecule has 0 saturated heterocycles. The van der Waals surface area contributed by atoms with Crippen molar-refractivity contribution in [1.29, 1.82) is 0 Å². The number of para-hydroxylation sites is 1. The van der Waals surface area contributed by atoms with Gasteiger partial charge in [-0.05, 0) is 31.2 Å². The lowest BCUT2D eigenvalue weighted by molar-refractivity contribution is -0.150. The Bertz CT molecular complexity index is 679. The van der Waals surface area contributed by atoms with Gasteiger partial charge in [0, 0.05) is 10.6 Å². The minimum absolute atomic E-state index is 0.0656. The lowest BCUT2D eigenvalue weighted by atomic mass is 10.3. The second kappa shape index (κ2) is 8.33. The summed E-state index contributed by atoms with van der Waals surface area (Å²) in [4.78, 5) is 24.0. The van der Waals surface area contributed by atoms with E-state index >= 15 is 0 Å². The topological polar surface area (TPSA) is 55.4 Å². The van der Waals surface area contributed by atoms with Crippen molar-refractivity contribution in [2.75, 3.05) is 11.1 Å². The molecule has 0 aliphatic rings. The third-order valence-corrected chi connectivity index (χ3v) is 3.92. The smallest absolute Gasteiger partial charge is 0.317 e. The number of thioether (sulfide) groups is 1. The van der Waals surface area contributed by atoms with Crippen molar-refractivity contribution in [1.82, 2.24) is 0 Å². The van der Waals surface area contributed by atoms with Crippen LogP contribution in [0.4, 0.5) is 10.1 Å². The number of ether oxygens (including phenoxy) is 1. The molecule has 1 amide bonds. The molecule has 6 heteroatoms. The first-order chi connectivity index (χ1) is 11.1. The standard InChI is InChI=1S/C17H16FNO3S/c1-12(17(21)19-13-7-3-2-4-8-13)22-16(20)11-23-15-10-6-5-9-14(15)18/h2-10,12H,11H2,1H3,(H,19,21)/t12-/m0/s1. The maximum atomic E-state index is 13.4. The van der Waals surface area contributed by atoms with Crippen LogP contribution >= 0.6 is 11.8 Å². The van der Waals surface area contributed by atoms with Crippen LogP contribution in [-0.2, 0) is 14.3 Å². The fourth-order valence-electron chi connectivity index (χ4n) is 1.75. The first kappa shape index (κ1) is 17.0. The number of hydrogen-bond donors (Lipinski definition) is 1. The second-order valence-corrected chi connectivity index (χ2v) is 5.72. The molecule has 0 spiro atoms. The van der Waals surface area contributed by atoms with Gasteiger partial charge >= 0.3 is 5.97 Å². The van der Waals surface area contributed by atoms with Crippen LogP contribution in [0, 0.1) is 5.82 Å². The highest BCUT2D eigenvalue weighted by molar-refractivity contribution is 8.00. The van der Waals surface area contributed by atoms with Crippen molar-refractivity contribution in [2.45, 2.75) is 17.9 Å². The highest BCUT2D eigenvalue weighted by Gasteiger charge is 2.18. The van der Waals surface area contributed by atoms with Gasteiger partial charge in [-0.1, -0.05) is 30.3 Å². The normalized spacial score (nSPS) is 11.6. The van der Waals surface area contributed by atoms with Crippen molar-refractivity contribution in [2.24, 2.45) is 0 Å². The minimum atomic E-state index is -0.927. The van der Waals surface area contributed by atoms with Gasteiger partial charge in [-0.25, -0.2) is 4.39 Å². The van der Waals surface area contributed by atoms with Crippen LogP contribution in [0.2, 0.25) is 0 Å². The van der Waals surface area contributed by atoms with Crippen molar-refractivity contribution >= 4 is 29.3 Å². The SMILES string of the molecule is C[C@H](OC(=O)CSc1ccccc1F)C(=O)Nc1ccccc1. The fraction of sp³-hybridized carbons (Fsp3) is 0.176. The summed E-state index contributed by atoms with van der Waals surface area (Å²) in [5.74, 6) is -1.45. The first-order valence-corrected chi connectivity index (χ1v) is 7.97. The molecule has 0 saturated carbocycles. The van der Waals surface area contributed by atoms with E-state index in [-0.39, 0.29) is 11.6 Å². The monoisotopic (exact) mass is 333 g/mol. The molecule has 0 heterocycles. The maximum Gasteiger partial charge on any atom is 0.317 e. The highest BCUT2D eigenvalue weighted by atomic mass is 32.2. The zero-order chi connectivity index (χ0) is 16.7. The van der Waals surface area contributed by atoms with E-state index in [1.54, 1.807) is 42.5 Å². The molecule has 0 unspecified atom stereocenters. The molecule has 0 aliphatic carbocycles. The second-order valence-electron chi connectivity index (χ2n) is 4.71. The summed E-state index contributed by atoms with van der Waals surface area (Å²) in [5.41, 5.74) is 0.626. The molecular weight excluding hydrogens is 317 g/mol. The van der Waals surface area contributed by atoms with Crippen molar-refractivity contribution in [3.63, 3.8) is 0 Å². The van der Waals surface area contributed by atoms with Gasteiger partial charge in [0.15, 0.2) is 6.10 Å². The lowest BCUT2D eigenvalue weighted by Gasteiger charge is -2.13.